The normalized spacial score (nSPS) is 11.8. The molecule has 0 bridgehead atoms. The number of halogens is 1. The number of benzene rings is 3. The maximum Gasteiger partial charge on any atom is 0.257 e. The van der Waals surface area contributed by atoms with Crippen LogP contribution in [-0.2, 0) is 13.2 Å². The Balaban J connectivity index is 1.78. The second-order valence-corrected chi connectivity index (χ2v) is 9.19. The van der Waals surface area contributed by atoms with Crippen molar-refractivity contribution in [1.82, 2.24) is 9.80 Å². The molecular formula is C31H39FN2O3. The first-order valence-electron chi connectivity index (χ1n) is 13.1. The van der Waals surface area contributed by atoms with Crippen molar-refractivity contribution < 1.29 is 18.7 Å². The van der Waals surface area contributed by atoms with Crippen molar-refractivity contribution in [3.05, 3.63) is 95.3 Å². The lowest BCUT2D eigenvalue weighted by Crippen LogP contribution is -2.39. The summed E-state index contributed by atoms with van der Waals surface area (Å²) < 4.78 is 26.2. The standard InChI is InChI=1S/C31H39FN2O3/c1-5-33(6-2)20-12-13-24(3)34(31(35)27-16-10-11-17-28(27)32)22-26-18-19-29(30(21-26)36-4)37-23-25-14-8-7-9-15-25/h7-11,14-19,21,24H,5-6,12-13,20,22-23H2,1-4H3. The van der Waals surface area contributed by atoms with E-state index in [0.29, 0.717) is 24.7 Å². The Morgan fingerprint density at radius 1 is 0.919 bits per heavy atom. The molecule has 0 aromatic heterocycles. The Labute approximate surface area is 220 Å². The molecule has 6 heteroatoms. The van der Waals surface area contributed by atoms with E-state index in [1.54, 1.807) is 30.2 Å². The number of hydrogen-bond acceptors (Lipinski definition) is 4. The van der Waals surface area contributed by atoms with Crippen LogP contribution in [0.5, 0.6) is 11.5 Å². The van der Waals surface area contributed by atoms with Gasteiger partial charge in [-0.3, -0.25) is 4.79 Å². The van der Waals surface area contributed by atoms with Crippen LogP contribution in [0.4, 0.5) is 4.39 Å². The first-order valence-corrected chi connectivity index (χ1v) is 13.1. The molecule has 1 atom stereocenters. The molecule has 0 spiro atoms. The molecule has 0 heterocycles. The summed E-state index contributed by atoms with van der Waals surface area (Å²) in [5, 5.41) is 0. The van der Waals surface area contributed by atoms with Gasteiger partial charge in [0, 0.05) is 12.6 Å². The zero-order chi connectivity index (χ0) is 26.6. The minimum Gasteiger partial charge on any atom is -0.493 e. The van der Waals surface area contributed by atoms with Crippen molar-refractivity contribution in [1.29, 1.82) is 0 Å². The quantitative estimate of drug-likeness (QED) is 0.248. The lowest BCUT2D eigenvalue weighted by molar-refractivity contribution is 0.0657. The Bertz CT molecular complexity index is 1120. The summed E-state index contributed by atoms with van der Waals surface area (Å²) in [6, 6.07) is 21.7. The predicted molar refractivity (Wildman–Crippen MR) is 147 cm³/mol. The summed E-state index contributed by atoms with van der Waals surface area (Å²) in [4.78, 5) is 17.7. The maximum atomic E-state index is 14.6. The minimum absolute atomic E-state index is 0.0670. The molecule has 0 fully saturated rings. The van der Waals surface area contributed by atoms with Crippen LogP contribution in [0.15, 0.2) is 72.8 Å². The number of ether oxygens (including phenoxy) is 2. The highest BCUT2D eigenvalue weighted by Gasteiger charge is 2.24. The molecule has 3 aromatic rings. The summed E-state index contributed by atoms with van der Waals surface area (Å²) in [6.45, 7) is 10.1. The monoisotopic (exact) mass is 506 g/mol. The topological polar surface area (TPSA) is 42.0 Å². The average molecular weight is 507 g/mol. The Morgan fingerprint density at radius 2 is 1.62 bits per heavy atom. The molecule has 0 saturated carbocycles. The Hall–Kier alpha value is -3.38. The van der Waals surface area contributed by atoms with Crippen LogP contribution in [0.2, 0.25) is 0 Å². The molecule has 0 radical (unpaired) electrons. The molecule has 37 heavy (non-hydrogen) atoms. The molecule has 0 aliphatic carbocycles. The first kappa shape index (κ1) is 28.2. The van der Waals surface area contributed by atoms with E-state index in [1.165, 1.54) is 6.07 Å². The Kier molecular flexibility index (Phi) is 11.0. The molecule has 1 amide bonds. The van der Waals surface area contributed by atoms with Crippen molar-refractivity contribution >= 4 is 5.91 Å². The molecule has 0 aliphatic rings. The van der Waals surface area contributed by atoms with Gasteiger partial charge in [-0.05, 0) is 74.8 Å². The van der Waals surface area contributed by atoms with E-state index >= 15 is 0 Å². The lowest BCUT2D eigenvalue weighted by atomic mass is 10.1. The van der Waals surface area contributed by atoms with Gasteiger partial charge in [-0.25, -0.2) is 4.39 Å². The molecular weight excluding hydrogens is 467 g/mol. The van der Waals surface area contributed by atoms with E-state index in [0.717, 1.165) is 43.6 Å². The van der Waals surface area contributed by atoms with Gasteiger partial charge in [-0.15, -0.1) is 0 Å². The number of methoxy groups -OCH3 is 1. The number of hydrogen-bond donors (Lipinski definition) is 0. The molecule has 3 rings (SSSR count). The number of nitrogens with zero attached hydrogens (tertiary/aromatic N) is 2. The molecule has 0 aliphatic heterocycles. The summed E-state index contributed by atoms with van der Waals surface area (Å²) in [6.07, 6.45) is 1.78. The Morgan fingerprint density at radius 3 is 2.30 bits per heavy atom. The van der Waals surface area contributed by atoms with E-state index in [4.69, 9.17) is 9.47 Å². The highest BCUT2D eigenvalue weighted by atomic mass is 19.1. The van der Waals surface area contributed by atoms with Crippen molar-refractivity contribution in [3.63, 3.8) is 0 Å². The number of carbonyl (C=O) groups excluding carboxylic acids is 1. The van der Waals surface area contributed by atoms with Crippen molar-refractivity contribution in [2.75, 3.05) is 26.7 Å². The van der Waals surface area contributed by atoms with Crippen LogP contribution in [0, 0.1) is 5.82 Å². The van der Waals surface area contributed by atoms with Gasteiger partial charge in [0.25, 0.3) is 5.91 Å². The van der Waals surface area contributed by atoms with Gasteiger partial charge in [0.1, 0.15) is 12.4 Å². The van der Waals surface area contributed by atoms with Gasteiger partial charge in [0.15, 0.2) is 11.5 Å². The predicted octanol–water partition coefficient (Wildman–Crippen LogP) is 6.57. The van der Waals surface area contributed by atoms with Gasteiger partial charge < -0.3 is 19.3 Å². The molecule has 0 saturated heterocycles. The molecule has 3 aromatic carbocycles. The van der Waals surface area contributed by atoms with Gasteiger partial charge in [0.05, 0.1) is 12.7 Å². The fourth-order valence-electron chi connectivity index (χ4n) is 4.38. The first-order chi connectivity index (χ1) is 18.0. The van der Waals surface area contributed by atoms with Gasteiger partial charge in [0.2, 0.25) is 0 Å². The van der Waals surface area contributed by atoms with E-state index < -0.39 is 5.82 Å². The molecule has 198 valence electrons. The second-order valence-electron chi connectivity index (χ2n) is 9.19. The second kappa shape index (κ2) is 14.4. The number of rotatable bonds is 14. The smallest absolute Gasteiger partial charge is 0.257 e. The van der Waals surface area contributed by atoms with Crippen LogP contribution in [0.1, 0.15) is 55.1 Å². The summed E-state index contributed by atoms with van der Waals surface area (Å²) in [5.41, 5.74) is 2.05. The van der Waals surface area contributed by atoms with Crippen LogP contribution in [0.3, 0.4) is 0 Å². The van der Waals surface area contributed by atoms with Crippen LogP contribution in [0.25, 0.3) is 0 Å². The molecule has 0 N–H and O–H groups in total. The zero-order valence-electron chi connectivity index (χ0n) is 22.5. The van der Waals surface area contributed by atoms with Crippen molar-refractivity contribution in [2.24, 2.45) is 0 Å². The van der Waals surface area contributed by atoms with Crippen molar-refractivity contribution in [3.8, 4) is 11.5 Å². The third-order valence-electron chi connectivity index (χ3n) is 6.71. The molecule has 1 unspecified atom stereocenters. The summed E-state index contributed by atoms with van der Waals surface area (Å²) >= 11 is 0. The zero-order valence-corrected chi connectivity index (χ0v) is 22.5. The number of amides is 1. The van der Waals surface area contributed by atoms with Crippen LogP contribution in [-0.4, -0.2) is 48.5 Å². The summed E-state index contributed by atoms with van der Waals surface area (Å²) in [5.74, 6) is 0.419. The molecule has 5 nitrogen and oxygen atoms in total. The fourth-order valence-corrected chi connectivity index (χ4v) is 4.38. The lowest BCUT2D eigenvalue weighted by Gasteiger charge is -2.31. The van der Waals surface area contributed by atoms with Crippen LogP contribution < -0.4 is 9.47 Å². The highest BCUT2D eigenvalue weighted by Crippen LogP contribution is 2.30. The van der Waals surface area contributed by atoms with Gasteiger partial charge in [-0.2, -0.15) is 0 Å². The van der Waals surface area contributed by atoms with Gasteiger partial charge >= 0.3 is 0 Å². The highest BCUT2D eigenvalue weighted by molar-refractivity contribution is 5.94. The number of carbonyl (C=O) groups is 1. The van der Waals surface area contributed by atoms with Gasteiger partial charge in [-0.1, -0.05) is 62.4 Å². The van der Waals surface area contributed by atoms with E-state index in [-0.39, 0.29) is 17.5 Å². The third kappa shape index (κ3) is 8.05. The maximum absolute atomic E-state index is 14.6. The SMILES string of the molecule is CCN(CC)CCCC(C)N(Cc1ccc(OCc2ccccc2)c(OC)c1)C(=O)c1ccccc1F. The van der Waals surface area contributed by atoms with Crippen LogP contribution >= 0.6 is 0 Å². The van der Waals surface area contributed by atoms with E-state index in [1.807, 2.05) is 55.5 Å². The summed E-state index contributed by atoms with van der Waals surface area (Å²) in [7, 11) is 1.60. The third-order valence-corrected chi connectivity index (χ3v) is 6.71. The van der Waals surface area contributed by atoms with E-state index in [9.17, 15) is 9.18 Å². The largest absolute Gasteiger partial charge is 0.493 e. The minimum atomic E-state index is -0.505. The fraction of sp³-hybridized carbons (Fsp3) is 0.387. The van der Waals surface area contributed by atoms with E-state index in [2.05, 4.69) is 18.7 Å². The average Bonchev–Trinajstić information content (AvgIpc) is 2.93. The van der Waals surface area contributed by atoms with Crippen molar-refractivity contribution in [2.45, 2.75) is 52.8 Å².